The molecule has 0 amide bonds. The molecule has 84 valence electrons. The Labute approximate surface area is 100.0 Å². The lowest BCUT2D eigenvalue weighted by Crippen LogP contribution is -1.89. The highest BCUT2D eigenvalue weighted by Crippen LogP contribution is 2.23. The van der Waals surface area contributed by atoms with Crippen LogP contribution in [0.5, 0.6) is 0 Å². The van der Waals surface area contributed by atoms with Gasteiger partial charge in [0.25, 0.3) is 0 Å². The van der Waals surface area contributed by atoms with Crippen LogP contribution in [0.25, 0.3) is 0 Å². The van der Waals surface area contributed by atoms with E-state index in [0.29, 0.717) is 0 Å². The average Bonchev–Trinajstić information content (AvgIpc) is 2.89. The summed E-state index contributed by atoms with van der Waals surface area (Å²) in [6.07, 6.45) is 7.38. The summed E-state index contributed by atoms with van der Waals surface area (Å²) in [5.41, 5.74) is 2.44. The molecule has 2 heteroatoms. The zero-order chi connectivity index (χ0) is 12.3. The zero-order valence-electron chi connectivity index (χ0n) is 9.51. The summed E-state index contributed by atoms with van der Waals surface area (Å²) in [4.78, 5) is 21.4. The van der Waals surface area contributed by atoms with Crippen LogP contribution < -0.4 is 0 Å². The third-order valence-corrected chi connectivity index (χ3v) is 2.59. The lowest BCUT2D eigenvalue weighted by atomic mass is 10.2. The highest BCUT2D eigenvalue weighted by molar-refractivity contribution is 6.17. The fraction of sp³-hybridized carbons (Fsp3) is 0.0667. The molecule has 17 heavy (non-hydrogen) atoms. The smallest absolute Gasteiger partial charge is 0.193 e. The number of carbonyl (C=O) groups excluding carboxylic acids is 2. The molecular formula is C15H12O2. The monoisotopic (exact) mass is 224 g/mol. The van der Waals surface area contributed by atoms with Gasteiger partial charge in [-0.2, -0.15) is 0 Å². The van der Waals surface area contributed by atoms with E-state index < -0.39 is 0 Å². The number of ketones is 2. The molecule has 0 atom stereocenters. The number of rotatable bonds is 1. The minimum absolute atomic E-state index is 0.121. The molecule has 0 heterocycles. The third-order valence-electron chi connectivity index (χ3n) is 2.59. The third kappa shape index (κ3) is 2.48. The molecule has 0 spiro atoms. The van der Waals surface area contributed by atoms with Crippen molar-refractivity contribution in [3.63, 3.8) is 0 Å². The minimum Gasteiger partial charge on any atom is -0.295 e. The Bertz CT molecular complexity index is 522. The summed E-state index contributed by atoms with van der Waals surface area (Å²) in [5.74, 6) is 0.306. The number of Topliss-reactive ketones (excluding diaryl/α,β-unsaturated/α-hetero) is 2. The average molecular weight is 224 g/mol. The van der Waals surface area contributed by atoms with Gasteiger partial charge in [0.2, 0.25) is 0 Å². The molecule has 0 unspecified atom stereocenters. The second kappa shape index (κ2) is 4.74. The van der Waals surface area contributed by atoms with E-state index in [2.05, 4.69) is 0 Å². The van der Waals surface area contributed by atoms with Gasteiger partial charge < -0.3 is 0 Å². The van der Waals surface area contributed by atoms with Gasteiger partial charge in [-0.25, -0.2) is 0 Å². The first-order valence-electron chi connectivity index (χ1n) is 5.39. The van der Waals surface area contributed by atoms with Crippen LogP contribution in [0.4, 0.5) is 0 Å². The standard InChI is InChI=1S/C8H8O.C7H4O/c1-7(9)8-5-3-2-4-6-8;8-7-5-1-2-6(7)4-3-5/h2-6H,1H3;1-4H. The first-order valence-corrected chi connectivity index (χ1v) is 5.39. The molecule has 3 rings (SSSR count). The minimum atomic E-state index is 0.121. The van der Waals surface area contributed by atoms with Gasteiger partial charge in [-0.15, -0.1) is 0 Å². The molecule has 2 bridgehead atoms. The fourth-order valence-electron chi connectivity index (χ4n) is 1.61. The molecule has 0 radical (unpaired) electrons. The summed E-state index contributed by atoms with van der Waals surface area (Å²) < 4.78 is 0. The maximum atomic E-state index is 10.8. The lowest BCUT2D eigenvalue weighted by molar-refractivity contribution is -0.111. The zero-order valence-corrected chi connectivity index (χ0v) is 9.51. The van der Waals surface area contributed by atoms with Gasteiger partial charge in [0.15, 0.2) is 11.6 Å². The SMILES string of the molecule is CC(=O)c1ccccc1.O=C1C2=CC=C1C=C2. The van der Waals surface area contributed by atoms with Crippen molar-refractivity contribution in [3.8, 4) is 0 Å². The molecule has 2 aliphatic carbocycles. The van der Waals surface area contributed by atoms with E-state index >= 15 is 0 Å². The summed E-state index contributed by atoms with van der Waals surface area (Å²) in [6, 6.07) is 9.23. The number of carbonyl (C=O) groups is 2. The number of fused-ring (bicyclic) bond motifs is 2. The van der Waals surface area contributed by atoms with Gasteiger partial charge in [-0.05, 0) is 6.92 Å². The van der Waals surface area contributed by atoms with E-state index in [1.54, 1.807) is 6.92 Å². The van der Waals surface area contributed by atoms with Gasteiger partial charge >= 0.3 is 0 Å². The topological polar surface area (TPSA) is 34.1 Å². The van der Waals surface area contributed by atoms with E-state index in [1.807, 2.05) is 54.6 Å². The second-order valence-corrected chi connectivity index (χ2v) is 3.83. The molecule has 0 saturated heterocycles. The normalized spacial score (nSPS) is 15.0. The van der Waals surface area contributed by atoms with Gasteiger partial charge in [0, 0.05) is 16.7 Å². The second-order valence-electron chi connectivity index (χ2n) is 3.83. The van der Waals surface area contributed by atoms with Crippen molar-refractivity contribution < 1.29 is 9.59 Å². The number of benzene rings is 1. The van der Waals surface area contributed by atoms with E-state index in [0.717, 1.165) is 16.7 Å². The van der Waals surface area contributed by atoms with Crippen LogP contribution in [0.15, 0.2) is 65.8 Å². The number of hydrogen-bond acceptors (Lipinski definition) is 2. The number of hydrogen-bond donors (Lipinski definition) is 0. The molecule has 0 aliphatic heterocycles. The van der Waals surface area contributed by atoms with Crippen LogP contribution >= 0.6 is 0 Å². The highest BCUT2D eigenvalue weighted by Gasteiger charge is 2.19. The molecule has 2 aliphatic rings. The van der Waals surface area contributed by atoms with E-state index in [1.165, 1.54) is 0 Å². The van der Waals surface area contributed by atoms with Crippen LogP contribution in [0, 0.1) is 0 Å². The Morgan fingerprint density at radius 3 is 1.71 bits per heavy atom. The van der Waals surface area contributed by atoms with Crippen molar-refractivity contribution in [3.05, 3.63) is 71.3 Å². The van der Waals surface area contributed by atoms with Crippen LogP contribution in [-0.4, -0.2) is 11.6 Å². The van der Waals surface area contributed by atoms with Crippen LogP contribution in [-0.2, 0) is 4.79 Å². The highest BCUT2D eigenvalue weighted by atomic mass is 16.1. The predicted molar refractivity (Wildman–Crippen MR) is 66.8 cm³/mol. The van der Waals surface area contributed by atoms with Crippen LogP contribution in [0.3, 0.4) is 0 Å². The van der Waals surface area contributed by atoms with Crippen LogP contribution in [0.2, 0.25) is 0 Å². The Morgan fingerprint density at radius 1 is 0.941 bits per heavy atom. The summed E-state index contributed by atoms with van der Waals surface area (Å²) >= 11 is 0. The summed E-state index contributed by atoms with van der Waals surface area (Å²) in [7, 11) is 0. The van der Waals surface area contributed by atoms with Crippen molar-refractivity contribution in [1.29, 1.82) is 0 Å². The van der Waals surface area contributed by atoms with Gasteiger partial charge in [-0.1, -0.05) is 54.6 Å². The van der Waals surface area contributed by atoms with E-state index in [9.17, 15) is 9.59 Å². The molecule has 1 aromatic carbocycles. The van der Waals surface area contributed by atoms with Crippen molar-refractivity contribution in [2.24, 2.45) is 0 Å². The number of allylic oxidation sites excluding steroid dienone is 6. The van der Waals surface area contributed by atoms with Crippen LogP contribution in [0.1, 0.15) is 17.3 Å². The Morgan fingerprint density at radius 2 is 1.47 bits per heavy atom. The molecular weight excluding hydrogens is 212 g/mol. The Kier molecular flexibility index (Phi) is 3.15. The molecule has 0 saturated carbocycles. The van der Waals surface area contributed by atoms with Gasteiger partial charge in [0.1, 0.15) is 0 Å². The maximum absolute atomic E-state index is 10.8. The maximum Gasteiger partial charge on any atom is 0.193 e. The van der Waals surface area contributed by atoms with Crippen molar-refractivity contribution >= 4 is 11.6 Å². The van der Waals surface area contributed by atoms with E-state index in [-0.39, 0.29) is 11.6 Å². The largest absolute Gasteiger partial charge is 0.295 e. The Balaban J connectivity index is 0.000000127. The molecule has 0 N–H and O–H groups in total. The van der Waals surface area contributed by atoms with Crippen molar-refractivity contribution in [1.82, 2.24) is 0 Å². The van der Waals surface area contributed by atoms with Gasteiger partial charge in [0.05, 0.1) is 0 Å². The molecule has 2 nitrogen and oxygen atoms in total. The van der Waals surface area contributed by atoms with Gasteiger partial charge in [-0.3, -0.25) is 9.59 Å². The Hall–Kier alpha value is -2.22. The van der Waals surface area contributed by atoms with Crippen molar-refractivity contribution in [2.45, 2.75) is 6.92 Å². The summed E-state index contributed by atoms with van der Waals surface area (Å²) in [5, 5.41) is 0. The predicted octanol–water partition coefficient (Wildman–Crippen LogP) is 2.88. The quantitative estimate of drug-likeness (QED) is 0.687. The first-order chi connectivity index (χ1) is 8.18. The lowest BCUT2D eigenvalue weighted by Gasteiger charge is -1.89. The molecule has 1 aromatic rings. The summed E-state index contributed by atoms with van der Waals surface area (Å²) in [6.45, 7) is 1.56. The van der Waals surface area contributed by atoms with Crippen molar-refractivity contribution in [2.75, 3.05) is 0 Å². The molecule has 0 aromatic heterocycles. The molecule has 0 fully saturated rings. The van der Waals surface area contributed by atoms with E-state index in [4.69, 9.17) is 0 Å². The first kappa shape index (κ1) is 11.3. The fourth-order valence-corrected chi connectivity index (χ4v) is 1.61.